The summed E-state index contributed by atoms with van der Waals surface area (Å²) in [6.45, 7) is 0.286. The Morgan fingerprint density at radius 2 is 1.65 bits per heavy atom. The standard InChI is InChI=1S/C28H25N3O3/c29-16-26-25(10-5-13-30-26)28(33)14-18-11-12-19(15-28)31(18)27(32)34-17-24-22-8-3-1-6-20(22)21-7-2-4-9-23(21)24/h1-10,13,18-19,24,33H,11-12,14-15,17H2. The Labute approximate surface area is 198 Å². The molecule has 2 fully saturated rings. The van der Waals surface area contributed by atoms with Gasteiger partial charge in [-0.2, -0.15) is 5.26 Å². The van der Waals surface area contributed by atoms with Crippen molar-refractivity contribution in [3.8, 4) is 17.2 Å². The van der Waals surface area contributed by atoms with E-state index in [9.17, 15) is 15.2 Å². The molecule has 0 radical (unpaired) electrons. The van der Waals surface area contributed by atoms with Crippen LogP contribution in [0.2, 0.25) is 0 Å². The molecule has 0 spiro atoms. The number of amides is 1. The average molecular weight is 452 g/mol. The highest BCUT2D eigenvalue weighted by Crippen LogP contribution is 2.47. The van der Waals surface area contributed by atoms with Crippen LogP contribution in [-0.2, 0) is 10.3 Å². The number of fused-ring (bicyclic) bond motifs is 5. The van der Waals surface area contributed by atoms with Crippen LogP contribution in [0.25, 0.3) is 11.1 Å². The van der Waals surface area contributed by atoms with Crippen molar-refractivity contribution >= 4 is 6.09 Å². The molecule has 6 nitrogen and oxygen atoms in total. The van der Waals surface area contributed by atoms with E-state index in [1.807, 2.05) is 29.2 Å². The van der Waals surface area contributed by atoms with Crippen molar-refractivity contribution in [2.24, 2.45) is 0 Å². The molecule has 34 heavy (non-hydrogen) atoms. The van der Waals surface area contributed by atoms with E-state index in [0.717, 1.165) is 12.8 Å². The molecule has 2 saturated heterocycles. The lowest BCUT2D eigenvalue weighted by Gasteiger charge is -2.43. The van der Waals surface area contributed by atoms with Crippen LogP contribution >= 0.6 is 0 Å². The Bertz CT molecular complexity index is 1250. The minimum absolute atomic E-state index is 0.0179. The van der Waals surface area contributed by atoms with E-state index >= 15 is 0 Å². The summed E-state index contributed by atoms with van der Waals surface area (Å²) in [5.41, 5.74) is 4.42. The molecule has 3 aliphatic rings. The maximum atomic E-state index is 13.3. The van der Waals surface area contributed by atoms with Crippen molar-refractivity contribution in [1.29, 1.82) is 5.26 Å². The first-order chi connectivity index (χ1) is 16.6. The Kier molecular flexibility index (Phi) is 4.89. The fourth-order valence-corrected chi connectivity index (χ4v) is 6.28. The summed E-state index contributed by atoms with van der Waals surface area (Å²) in [7, 11) is 0. The number of rotatable bonds is 3. The summed E-state index contributed by atoms with van der Waals surface area (Å²) >= 11 is 0. The van der Waals surface area contributed by atoms with Gasteiger partial charge < -0.3 is 14.7 Å². The summed E-state index contributed by atoms with van der Waals surface area (Å²) in [5, 5.41) is 20.9. The van der Waals surface area contributed by atoms with E-state index in [0.29, 0.717) is 18.4 Å². The third kappa shape index (κ3) is 3.19. The lowest BCUT2D eigenvalue weighted by atomic mass is 9.80. The first kappa shape index (κ1) is 20.9. The van der Waals surface area contributed by atoms with Gasteiger partial charge >= 0.3 is 6.09 Å². The highest BCUT2D eigenvalue weighted by atomic mass is 16.6. The van der Waals surface area contributed by atoms with Crippen molar-refractivity contribution in [3.63, 3.8) is 0 Å². The maximum Gasteiger partial charge on any atom is 0.410 e. The Morgan fingerprint density at radius 3 is 2.26 bits per heavy atom. The third-order valence-corrected chi connectivity index (χ3v) is 7.73. The van der Waals surface area contributed by atoms with Gasteiger partial charge in [0.05, 0.1) is 5.60 Å². The summed E-state index contributed by atoms with van der Waals surface area (Å²) in [6, 6.07) is 22.0. The van der Waals surface area contributed by atoms with Gasteiger partial charge in [0.25, 0.3) is 0 Å². The van der Waals surface area contributed by atoms with E-state index in [1.54, 1.807) is 18.3 Å². The molecule has 1 aliphatic carbocycles. The normalized spacial score (nSPS) is 24.9. The summed E-state index contributed by atoms with van der Waals surface area (Å²) in [6.07, 6.45) is 3.65. The van der Waals surface area contributed by atoms with Crippen LogP contribution in [0.4, 0.5) is 4.79 Å². The van der Waals surface area contributed by atoms with Gasteiger partial charge in [0.15, 0.2) is 0 Å². The molecule has 3 heterocycles. The van der Waals surface area contributed by atoms with Gasteiger partial charge in [-0.15, -0.1) is 0 Å². The van der Waals surface area contributed by atoms with Crippen molar-refractivity contribution < 1.29 is 14.6 Å². The lowest BCUT2D eigenvalue weighted by Crippen LogP contribution is -2.52. The number of nitrogens with zero attached hydrogens (tertiary/aromatic N) is 3. The molecule has 2 bridgehead atoms. The number of benzene rings is 2. The second-order valence-electron chi connectivity index (χ2n) is 9.55. The highest BCUT2D eigenvalue weighted by molar-refractivity contribution is 5.79. The second-order valence-corrected chi connectivity index (χ2v) is 9.55. The third-order valence-electron chi connectivity index (χ3n) is 7.73. The van der Waals surface area contributed by atoms with Gasteiger partial charge in [0, 0.05) is 42.6 Å². The number of carbonyl (C=O) groups is 1. The lowest BCUT2D eigenvalue weighted by molar-refractivity contribution is -0.0534. The average Bonchev–Trinajstić information content (AvgIpc) is 3.34. The number of hydrogen-bond donors (Lipinski definition) is 1. The number of aromatic nitrogens is 1. The number of pyridine rings is 1. The quantitative estimate of drug-likeness (QED) is 0.623. The Hall–Kier alpha value is -3.69. The first-order valence-corrected chi connectivity index (χ1v) is 11.8. The molecule has 2 atom stereocenters. The van der Waals surface area contributed by atoms with E-state index in [-0.39, 0.29) is 36.4 Å². The number of aliphatic hydroxyl groups is 1. The molecule has 2 aliphatic heterocycles. The monoisotopic (exact) mass is 451 g/mol. The predicted molar refractivity (Wildman–Crippen MR) is 126 cm³/mol. The zero-order chi connectivity index (χ0) is 23.3. The van der Waals surface area contributed by atoms with Gasteiger partial charge in [-0.3, -0.25) is 0 Å². The van der Waals surface area contributed by atoms with Crippen LogP contribution in [0, 0.1) is 11.3 Å². The number of ether oxygens (including phenoxy) is 1. The van der Waals surface area contributed by atoms with Crippen molar-refractivity contribution in [3.05, 3.63) is 89.2 Å². The molecule has 170 valence electrons. The second kappa shape index (κ2) is 7.96. The van der Waals surface area contributed by atoms with Gasteiger partial charge in [-0.25, -0.2) is 9.78 Å². The van der Waals surface area contributed by atoms with Gasteiger partial charge in [0.2, 0.25) is 0 Å². The summed E-state index contributed by atoms with van der Waals surface area (Å²) < 4.78 is 5.92. The maximum absolute atomic E-state index is 13.3. The number of carbonyl (C=O) groups excluding carboxylic acids is 1. The van der Waals surface area contributed by atoms with Gasteiger partial charge in [-0.05, 0) is 41.2 Å². The number of piperidine rings is 1. The van der Waals surface area contributed by atoms with E-state index < -0.39 is 5.60 Å². The molecular weight excluding hydrogens is 426 g/mol. The van der Waals surface area contributed by atoms with Crippen LogP contribution < -0.4 is 0 Å². The van der Waals surface area contributed by atoms with Crippen molar-refractivity contribution in [2.45, 2.75) is 49.3 Å². The van der Waals surface area contributed by atoms with Crippen LogP contribution in [0.5, 0.6) is 0 Å². The molecule has 2 aromatic carbocycles. The Balaban J connectivity index is 1.20. The Morgan fingerprint density at radius 1 is 1.03 bits per heavy atom. The molecule has 1 N–H and O–H groups in total. The summed E-state index contributed by atoms with van der Waals surface area (Å²) in [5.74, 6) is 0.0179. The fourth-order valence-electron chi connectivity index (χ4n) is 6.28. The molecule has 1 amide bonds. The van der Waals surface area contributed by atoms with Crippen molar-refractivity contribution in [1.82, 2.24) is 9.88 Å². The van der Waals surface area contributed by atoms with Crippen molar-refractivity contribution in [2.75, 3.05) is 6.61 Å². The SMILES string of the molecule is N#Cc1ncccc1C1(O)CC2CCC(C1)N2C(=O)OCC1c2ccccc2-c2ccccc21. The van der Waals surface area contributed by atoms with Crippen LogP contribution in [0.15, 0.2) is 66.9 Å². The predicted octanol–water partition coefficient (Wildman–Crippen LogP) is 4.72. The molecule has 2 unspecified atom stereocenters. The minimum atomic E-state index is -1.16. The summed E-state index contributed by atoms with van der Waals surface area (Å²) in [4.78, 5) is 19.2. The molecule has 3 aromatic rings. The zero-order valence-corrected chi connectivity index (χ0v) is 18.7. The number of hydrogen-bond acceptors (Lipinski definition) is 5. The molecule has 0 saturated carbocycles. The smallest absolute Gasteiger partial charge is 0.410 e. The number of nitriles is 1. The minimum Gasteiger partial charge on any atom is -0.448 e. The highest BCUT2D eigenvalue weighted by Gasteiger charge is 2.51. The molecular formula is C28H25N3O3. The van der Waals surface area contributed by atoms with E-state index in [2.05, 4.69) is 35.3 Å². The van der Waals surface area contributed by atoms with Crippen LogP contribution in [-0.4, -0.2) is 39.8 Å². The molecule has 6 rings (SSSR count). The largest absolute Gasteiger partial charge is 0.448 e. The first-order valence-electron chi connectivity index (χ1n) is 11.8. The fraction of sp³-hybridized carbons (Fsp3) is 0.321. The zero-order valence-electron chi connectivity index (χ0n) is 18.7. The molecule has 6 heteroatoms. The van der Waals surface area contributed by atoms with Gasteiger partial charge in [0.1, 0.15) is 18.4 Å². The van der Waals surface area contributed by atoms with E-state index in [1.165, 1.54) is 22.3 Å². The van der Waals surface area contributed by atoms with Crippen LogP contribution in [0.1, 0.15) is 54.0 Å². The van der Waals surface area contributed by atoms with Gasteiger partial charge in [-0.1, -0.05) is 54.6 Å². The topological polar surface area (TPSA) is 86.5 Å². The molecule has 1 aromatic heterocycles. The van der Waals surface area contributed by atoms with Crippen LogP contribution in [0.3, 0.4) is 0 Å². The van der Waals surface area contributed by atoms with E-state index in [4.69, 9.17) is 4.74 Å².